The number of fused-ring (bicyclic) bond motifs is 1. The smallest absolute Gasteiger partial charge is 0.222 e. The molecule has 0 bridgehead atoms. The van der Waals surface area contributed by atoms with Crippen LogP contribution in [0.3, 0.4) is 0 Å². The van der Waals surface area contributed by atoms with Crippen LogP contribution in [0.5, 0.6) is 0 Å². The lowest BCUT2D eigenvalue weighted by atomic mass is 10.4. The van der Waals surface area contributed by atoms with E-state index >= 15 is 0 Å². The highest BCUT2D eigenvalue weighted by Gasteiger charge is 2.07. The summed E-state index contributed by atoms with van der Waals surface area (Å²) < 4.78 is 0.631. The SMILES string of the molecule is Nc1nc(Cl)c2cc(Cl)sc2n1. The highest BCUT2D eigenvalue weighted by Crippen LogP contribution is 2.31. The highest BCUT2D eigenvalue weighted by atomic mass is 35.5. The van der Waals surface area contributed by atoms with Crippen LogP contribution in [0.1, 0.15) is 0 Å². The van der Waals surface area contributed by atoms with Crippen molar-refractivity contribution in [1.29, 1.82) is 0 Å². The number of nitrogens with zero attached hydrogens (tertiary/aromatic N) is 2. The Labute approximate surface area is 82.1 Å². The van der Waals surface area contributed by atoms with Gasteiger partial charge in [-0.15, -0.1) is 11.3 Å². The van der Waals surface area contributed by atoms with Crippen molar-refractivity contribution in [2.45, 2.75) is 0 Å². The van der Waals surface area contributed by atoms with Crippen LogP contribution in [0.25, 0.3) is 10.2 Å². The predicted molar refractivity (Wildman–Crippen MR) is 51.8 cm³/mol. The van der Waals surface area contributed by atoms with Crippen molar-refractivity contribution in [3.8, 4) is 0 Å². The van der Waals surface area contributed by atoms with Crippen LogP contribution >= 0.6 is 34.5 Å². The standard InChI is InChI=1S/C6H3Cl2N3S/c7-3-1-2-4(8)10-6(9)11-5(2)12-3/h1H,(H2,9,10,11). The molecule has 0 saturated carbocycles. The minimum atomic E-state index is 0.172. The van der Waals surface area contributed by atoms with Crippen LogP contribution < -0.4 is 5.73 Å². The average Bonchev–Trinajstić information content (AvgIpc) is 2.29. The third-order valence-corrected chi connectivity index (χ3v) is 2.78. The number of thiophene rings is 1. The van der Waals surface area contributed by atoms with Crippen molar-refractivity contribution in [2.24, 2.45) is 0 Å². The van der Waals surface area contributed by atoms with Gasteiger partial charge < -0.3 is 5.73 Å². The maximum atomic E-state index is 5.79. The van der Waals surface area contributed by atoms with Gasteiger partial charge in [0, 0.05) is 0 Å². The van der Waals surface area contributed by atoms with Crippen molar-refractivity contribution in [2.75, 3.05) is 5.73 Å². The van der Waals surface area contributed by atoms with Crippen LogP contribution in [-0.4, -0.2) is 9.97 Å². The van der Waals surface area contributed by atoms with E-state index in [4.69, 9.17) is 28.9 Å². The molecule has 0 atom stereocenters. The Bertz CT molecular complexity index is 440. The molecule has 0 saturated heterocycles. The third kappa shape index (κ3) is 1.22. The van der Waals surface area contributed by atoms with Crippen LogP contribution in [0.2, 0.25) is 9.49 Å². The first-order valence-corrected chi connectivity index (χ1v) is 4.62. The summed E-state index contributed by atoms with van der Waals surface area (Å²) in [4.78, 5) is 8.49. The Morgan fingerprint density at radius 3 is 2.83 bits per heavy atom. The van der Waals surface area contributed by atoms with E-state index < -0.39 is 0 Å². The van der Waals surface area contributed by atoms with Crippen molar-refractivity contribution >= 4 is 50.7 Å². The number of nitrogen functional groups attached to an aromatic ring is 1. The summed E-state index contributed by atoms with van der Waals surface area (Å²) in [5.74, 6) is 0.172. The molecule has 2 aromatic heterocycles. The van der Waals surface area contributed by atoms with Crippen molar-refractivity contribution in [3.05, 3.63) is 15.6 Å². The molecule has 2 rings (SSSR count). The molecule has 12 heavy (non-hydrogen) atoms. The molecule has 0 aromatic carbocycles. The lowest BCUT2D eigenvalue weighted by molar-refractivity contribution is 1.25. The molecular weight excluding hydrogens is 217 g/mol. The predicted octanol–water partition coefficient (Wildman–Crippen LogP) is 2.58. The maximum absolute atomic E-state index is 5.79. The zero-order valence-electron chi connectivity index (χ0n) is 5.71. The molecular formula is C6H3Cl2N3S. The Hall–Kier alpha value is -0.580. The molecule has 0 fully saturated rings. The summed E-state index contributed by atoms with van der Waals surface area (Å²) >= 11 is 12.9. The van der Waals surface area contributed by atoms with E-state index in [1.54, 1.807) is 6.07 Å². The summed E-state index contributed by atoms with van der Waals surface area (Å²) in [5.41, 5.74) is 5.39. The lowest BCUT2D eigenvalue weighted by Gasteiger charge is -1.93. The van der Waals surface area contributed by atoms with E-state index in [2.05, 4.69) is 9.97 Å². The number of nitrogens with two attached hydrogens (primary N) is 1. The van der Waals surface area contributed by atoms with Crippen molar-refractivity contribution in [3.63, 3.8) is 0 Å². The molecule has 2 N–H and O–H groups in total. The first-order valence-electron chi connectivity index (χ1n) is 3.05. The van der Waals surface area contributed by atoms with Gasteiger partial charge in [0.05, 0.1) is 9.72 Å². The van der Waals surface area contributed by atoms with E-state index in [0.717, 1.165) is 10.2 Å². The van der Waals surface area contributed by atoms with Gasteiger partial charge in [0.15, 0.2) is 0 Å². The summed E-state index contributed by atoms with van der Waals surface area (Å²) in [7, 11) is 0. The molecule has 0 radical (unpaired) electrons. The van der Waals surface area contributed by atoms with E-state index in [9.17, 15) is 0 Å². The topological polar surface area (TPSA) is 51.8 Å². The number of hydrogen-bond acceptors (Lipinski definition) is 4. The van der Waals surface area contributed by atoms with Crippen LogP contribution in [0.4, 0.5) is 5.95 Å². The van der Waals surface area contributed by atoms with Gasteiger partial charge in [0.2, 0.25) is 5.95 Å². The Balaban J connectivity index is 2.88. The first kappa shape index (κ1) is 8.04. The molecule has 62 valence electrons. The number of rotatable bonds is 0. The largest absolute Gasteiger partial charge is 0.368 e. The molecule has 0 unspecified atom stereocenters. The highest BCUT2D eigenvalue weighted by molar-refractivity contribution is 7.22. The van der Waals surface area contributed by atoms with E-state index in [0.29, 0.717) is 9.49 Å². The maximum Gasteiger partial charge on any atom is 0.222 e. The van der Waals surface area contributed by atoms with Crippen molar-refractivity contribution < 1.29 is 0 Å². The van der Waals surface area contributed by atoms with Gasteiger partial charge in [-0.25, -0.2) is 9.97 Å². The van der Waals surface area contributed by atoms with Crippen LogP contribution in [0.15, 0.2) is 6.07 Å². The number of anilines is 1. The van der Waals surface area contributed by atoms with Gasteiger partial charge in [-0.1, -0.05) is 23.2 Å². The molecule has 2 aromatic rings. The Morgan fingerprint density at radius 2 is 2.08 bits per heavy atom. The normalized spacial score (nSPS) is 10.8. The summed E-state index contributed by atoms with van der Waals surface area (Å²) in [6.07, 6.45) is 0. The fourth-order valence-corrected chi connectivity index (χ4v) is 2.25. The van der Waals surface area contributed by atoms with Gasteiger partial charge in [-0.2, -0.15) is 0 Å². The third-order valence-electron chi connectivity index (χ3n) is 1.33. The minimum Gasteiger partial charge on any atom is -0.368 e. The second kappa shape index (κ2) is 2.73. The van der Waals surface area contributed by atoms with Crippen LogP contribution in [0, 0.1) is 0 Å². The quantitative estimate of drug-likeness (QED) is 0.694. The summed E-state index contributed by atoms with van der Waals surface area (Å²) in [6.45, 7) is 0. The molecule has 0 amide bonds. The van der Waals surface area contributed by atoms with E-state index in [1.807, 2.05) is 0 Å². The molecule has 2 heterocycles. The van der Waals surface area contributed by atoms with Gasteiger partial charge in [0.25, 0.3) is 0 Å². The molecule has 0 aliphatic rings. The average molecular weight is 220 g/mol. The van der Waals surface area contributed by atoms with E-state index in [1.165, 1.54) is 11.3 Å². The van der Waals surface area contributed by atoms with Crippen molar-refractivity contribution in [1.82, 2.24) is 9.97 Å². The second-order valence-corrected chi connectivity index (χ2v) is 4.16. The fraction of sp³-hybridized carbons (Fsp3) is 0. The zero-order chi connectivity index (χ0) is 8.72. The lowest BCUT2D eigenvalue weighted by Crippen LogP contribution is -1.93. The number of halogens is 2. The molecule has 0 aliphatic heterocycles. The molecule has 0 aliphatic carbocycles. The summed E-state index contributed by atoms with van der Waals surface area (Å²) in [5, 5.41) is 1.10. The monoisotopic (exact) mass is 219 g/mol. The molecule has 3 nitrogen and oxygen atoms in total. The van der Waals surface area contributed by atoms with E-state index in [-0.39, 0.29) is 5.95 Å². The molecule has 0 spiro atoms. The zero-order valence-corrected chi connectivity index (χ0v) is 8.04. The number of hydrogen-bond donors (Lipinski definition) is 1. The van der Waals surface area contributed by atoms with Gasteiger partial charge >= 0.3 is 0 Å². The number of aromatic nitrogens is 2. The first-order chi connectivity index (χ1) is 5.66. The van der Waals surface area contributed by atoms with Gasteiger partial charge in [0.1, 0.15) is 9.98 Å². The Morgan fingerprint density at radius 1 is 1.33 bits per heavy atom. The minimum absolute atomic E-state index is 0.172. The summed E-state index contributed by atoms with van der Waals surface area (Å²) in [6, 6.07) is 1.73. The van der Waals surface area contributed by atoms with Gasteiger partial charge in [-0.3, -0.25) is 0 Å². The Kier molecular flexibility index (Phi) is 1.83. The molecule has 6 heteroatoms. The van der Waals surface area contributed by atoms with Gasteiger partial charge in [-0.05, 0) is 6.07 Å². The second-order valence-electron chi connectivity index (χ2n) is 2.14. The van der Waals surface area contributed by atoms with Crippen LogP contribution in [-0.2, 0) is 0 Å². The fourth-order valence-electron chi connectivity index (χ4n) is 0.873.